The van der Waals surface area contributed by atoms with E-state index in [9.17, 15) is 9.90 Å². The molecule has 2 aliphatic heterocycles. The van der Waals surface area contributed by atoms with E-state index in [1.807, 2.05) is 23.1 Å². The van der Waals surface area contributed by atoms with Crippen LogP contribution in [0, 0.1) is 0 Å². The Bertz CT molecular complexity index is 780. The number of likely N-dealkylation sites (tertiary alicyclic amines) is 2. The molecule has 2 aromatic rings. The molecule has 2 aliphatic rings. The van der Waals surface area contributed by atoms with Gasteiger partial charge in [-0.25, -0.2) is 4.79 Å². The van der Waals surface area contributed by atoms with Crippen LogP contribution in [0.25, 0.3) is 0 Å². The van der Waals surface area contributed by atoms with Gasteiger partial charge in [-0.3, -0.25) is 4.90 Å². The van der Waals surface area contributed by atoms with Crippen molar-refractivity contribution in [2.45, 2.75) is 37.6 Å². The Kier molecular flexibility index (Phi) is 6.35. The summed E-state index contributed by atoms with van der Waals surface area (Å²) in [7, 11) is 0. The highest BCUT2D eigenvalue weighted by molar-refractivity contribution is 5.74. The number of hydrogen-bond acceptors (Lipinski definition) is 3. The van der Waals surface area contributed by atoms with E-state index in [0.29, 0.717) is 18.2 Å². The summed E-state index contributed by atoms with van der Waals surface area (Å²) < 4.78 is 0. The second kappa shape index (κ2) is 9.31. The third-order valence-electron chi connectivity index (χ3n) is 6.36. The normalized spacial score (nSPS) is 19.2. The maximum absolute atomic E-state index is 12.8. The number of amides is 2. The van der Waals surface area contributed by atoms with Crippen molar-refractivity contribution in [1.29, 1.82) is 0 Å². The first kappa shape index (κ1) is 19.8. The molecule has 5 nitrogen and oxygen atoms in total. The number of carbonyl (C=O) groups excluding carboxylic acids is 1. The molecule has 0 radical (unpaired) electrons. The average molecular weight is 394 g/mol. The molecule has 29 heavy (non-hydrogen) atoms. The second-order valence-corrected chi connectivity index (χ2v) is 8.21. The summed E-state index contributed by atoms with van der Waals surface area (Å²) in [5, 5.41) is 12.7. The van der Waals surface area contributed by atoms with E-state index in [1.54, 1.807) is 12.1 Å². The third kappa shape index (κ3) is 4.91. The molecule has 2 fully saturated rings. The van der Waals surface area contributed by atoms with Crippen LogP contribution in [0.2, 0.25) is 0 Å². The minimum atomic E-state index is 0.0503. The number of benzene rings is 2. The fourth-order valence-electron chi connectivity index (χ4n) is 4.64. The molecule has 1 unspecified atom stereocenters. The van der Waals surface area contributed by atoms with Crippen molar-refractivity contribution in [1.82, 2.24) is 15.1 Å². The Morgan fingerprint density at radius 3 is 2.28 bits per heavy atom. The largest absolute Gasteiger partial charge is 0.508 e. The molecule has 0 aliphatic carbocycles. The number of nitrogens with one attached hydrogen (secondary N) is 1. The molecule has 154 valence electrons. The SMILES string of the molecule is O=C(NCC(c1ccccc1)N1CCCC1)N1CCC(c2ccc(O)cc2)CC1. The lowest BCUT2D eigenvalue weighted by Gasteiger charge is -2.34. The van der Waals surface area contributed by atoms with Crippen molar-refractivity contribution in [3.8, 4) is 5.75 Å². The molecule has 2 amide bonds. The van der Waals surface area contributed by atoms with Crippen LogP contribution in [0.1, 0.15) is 48.8 Å². The first-order valence-electron chi connectivity index (χ1n) is 10.8. The molecular weight excluding hydrogens is 362 g/mol. The highest BCUT2D eigenvalue weighted by Crippen LogP contribution is 2.29. The van der Waals surface area contributed by atoms with Crippen LogP contribution in [0.5, 0.6) is 5.75 Å². The Morgan fingerprint density at radius 1 is 0.966 bits per heavy atom. The Balaban J connectivity index is 1.31. The van der Waals surface area contributed by atoms with E-state index in [0.717, 1.165) is 39.0 Å². The van der Waals surface area contributed by atoms with E-state index in [1.165, 1.54) is 24.0 Å². The summed E-state index contributed by atoms with van der Waals surface area (Å²) in [4.78, 5) is 17.2. The number of urea groups is 1. The number of nitrogens with zero attached hydrogens (tertiary/aromatic N) is 2. The number of hydrogen-bond donors (Lipinski definition) is 2. The predicted molar refractivity (Wildman–Crippen MR) is 115 cm³/mol. The van der Waals surface area contributed by atoms with Crippen molar-refractivity contribution in [2.24, 2.45) is 0 Å². The van der Waals surface area contributed by atoms with Gasteiger partial charge in [0.25, 0.3) is 0 Å². The molecule has 2 N–H and O–H groups in total. The zero-order chi connectivity index (χ0) is 20.1. The molecule has 4 rings (SSSR count). The van der Waals surface area contributed by atoms with E-state index in [2.05, 4.69) is 34.5 Å². The fraction of sp³-hybridized carbons (Fsp3) is 0.458. The molecule has 5 heteroatoms. The highest BCUT2D eigenvalue weighted by Gasteiger charge is 2.27. The standard InChI is InChI=1S/C24H31N3O2/c28-22-10-8-19(9-11-22)20-12-16-27(17-13-20)24(29)25-18-23(26-14-4-5-15-26)21-6-2-1-3-7-21/h1-3,6-11,20,23,28H,4-5,12-18H2,(H,25,29). The number of carbonyl (C=O) groups is 1. The van der Waals surface area contributed by atoms with E-state index in [-0.39, 0.29) is 12.1 Å². The molecule has 2 heterocycles. The van der Waals surface area contributed by atoms with Gasteiger partial charge < -0.3 is 15.3 Å². The van der Waals surface area contributed by atoms with Crippen LogP contribution >= 0.6 is 0 Å². The Labute approximate surface area is 173 Å². The number of phenolic OH excluding ortho intramolecular Hbond substituents is 1. The summed E-state index contributed by atoms with van der Waals surface area (Å²) in [6.45, 7) is 4.41. The summed E-state index contributed by atoms with van der Waals surface area (Å²) in [5.41, 5.74) is 2.53. The van der Waals surface area contributed by atoms with Crippen molar-refractivity contribution in [3.63, 3.8) is 0 Å². The maximum atomic E-state index is 12.8. The zero-order valence-electron chi connectivity index (χ0n) is 17.0. The van der Waals surface area contributed by atoms with E-state index >= 15 is 0 Å². The van der Waals surface area contributed by atoms with Crippen molar-refractivity contribution in [2.75, 3.05) is 32.7 Å². The minimum Gasteiger partial charge on any atom is -0.508 e. The van der Waals surface area contributed by atoms with Gasteiger partial charge in [-0.15, -0.1) is 0 Å². The fourth-order valence-corrected chi connectivity index (χ4v) is 4.64. The predicted octanol–water partition coefficient (Wildman–Crippen LogP) is 4.12. The topological polar surface area (TPSA) is 55.8 Å². The molecule has 0 aromatic heterocycles. The zero-order valence-corrected chi connectivity index (χ0v) is 17.0. The van der Waals surface area contributed by atoms with Crippen molar-refractivity contribution >= 4 is 6.03 Å². The van der Waals surface area contributed by atoms with E-state index in [4.69, 9.17) is 0 Å². The quantitative estimate of drug-likeness (QED) is 0.803. The third-order valence-corrected chi connectivity index (χ3v) is 6.36. The number of piperidine rings is 1. The maximum Gasteiger partial charge on any atom is 0.317 e. The smallest absolute Gasteiger partial charge is 0.317 e. The highest BCUT2D eigenvalue weighted by atomic mass is 16.3. The first-order valence-corrected chi connectivity index (χ1v) is 10.8. The molecule has 0 spiro atoms. The molecular formula is C24H31N3O2. The lowest BCUT2D eigenvalue weighted by atomic mass is 9.89. The number of aromatic hydroxyl groups is 1. The van der Waals surface area contributed by atoms with Gasteiger partial charge in [0.1, 0.15) is 5.75 Å². The van der Waals surface area contributed by atoms with Crippen LogP contribution in [0.4, 0.5) is 4.79 Å². The van der Waals surface area contributed by atoms with Gasteiger partial charge in [-0.2, -0.15) is 0 Å². The van der Waals surface area contributed by atoms with Gasteiger partial charge in [-0.1, -0.05) is 42.5 Å². The molecule has 1 atom stereocenters. The van der Waals surface area contributed by atoms with E-state index < -0.39 is 0 Å². The lowest BCUT2D eigenvalue weighted by molar-refractivity contribution is 0.174. The lowest BCUT2D eigenvalue weighted by Crippen LogP contribution is -2.46. The monoisotopic (exact) mass is 393 g/mol. The Morgan fingerprint density at radius 2 is 1.62 bits per heavy atom. The first-order chi connectivity index (χ1) is 14.2. The second-order valence-electron chi connectivity index (χ2n) is 8.21. The average Bonchev–Trinajstić information content (AvgIpc) is 3.30. The summed E-state index contributed by atoms with van der Waals surface area (Å²) >= 11 is 0. The summed E-state index contributed by atoms with van der Waals surface area (Å²) in [6, 6.07) is 18.3. The summed E-state index contributed by atoms with van der Waals surface area (Å²) in [6.07, 6.45) is 4.41. The number of phenols is 1. The summed E-state index contributed by atoms with van der Waals surface area (Å²) in [5.74, 6) is 0.762. The molecule has 2 saturated heterocycles. The molecule has 0 bridgehead atoms. The van der Waals surface area contributed by atoms with Gasteiger partial charge >= 0.3 is 6.03 Å². The van der Waals surface area contributed by atoms with Crippen molar-refractivity contribution in [3.05, 3.63) is 65.7 Å². The minimum absolute atomic E-state index is 0.0503. The van der Waals surface area contributed by atoms with Crippen LogP contribution in [-0.2, 0) is 0 Å². The van der Waals surface area contributed by atoms with Gasteiger partial charge in [0.05, 0.1) is 6.04 Å². The Hall–Kier alpha value is -2.53. The molecule has 2 aromatic carbocycles. The van der Waals surface area contributed by atoms with Crippen LogP contribution in [-0.4, -0.2) is 53.7 Å². The van der Waals surface area contributed by atoms with Crippen molar-refractivity contribution < 1.29 is 9.90 Å². The molecule has 0 saturated carbocycles. The van der Waals surface area contributed by atoms with Crippen LogP contribution in [0.3, 0.4) is 0 Å². The number of rotatable bonds is 5. The van der Waals surface area contributed by atoms with Gasteiger partial charge in [-0.05, 0) is 68.0 Å². The van der Waals surface area contributed by atoms with Crippen LogP contribution < -0.4 is 5.32 Å². The van der Waals surface area contributed by atoms with Gasteiger partial charge in [0.2, 0.25) is 0 Å². The van der Waals surface area contributed by atoms with Gasteiger partial charge in [0.15, 0.2) is 0 Å². The van der Waals surface area contributed by atoms with Crippen LogP contribution in [0.15, 0.2) is 54.6 Å². The van der Waals surface area contributed by atoms with Gasteiger partial charge in [0, 0.05) is 19.6 Å².